The molecule has 2 saturated carbocycles. The van der Waals surface area contributed by atoms with Crippen molar-refractivity contribution in [2.45, 2.75) is 19.4 Å². The molecule has 4 fully saturated rings. The Bertz CT molecular complexity index is 617. The van der Waals surface area contributed by atoms with Crippen LogP contribution in [0.1, 0.15) is 13.3 Å². The molecule has 0 unspecified atom stereocenters. The van der Waals surface area contributed by atoms with E-state index in [-0.39, 0.29) is 41.4 Å². The van der Waals surface area contributed by atoms with Crippen LogP contribution in [-0.2, 0) is 19.1 Å². The first-order chi connectivity index (χ1) is 11.6. The monoisotopic (exact) mass is 330 g/mol. The molecule has 6 heteroatoms. The van der Waals surface area contributed by atoms with Gasteiger partial charge in [0.25, 0.3) is 0 Å². The van der Waals surface area contributed by atoms with Crippen molar-refractivity contribution in [1.29, 1.82) is 0 Å². The second kappa shape index (κ2) is 4.91. The van der Waals surface area contributed by atoms with Gasteiger partial charge in [-0.3, -0.25) is 19.3 Å². The molecule has 24 heavy (non-hydrogen) atoms. The normalized spacial score (nSPS) is 43.7. The van der Waals surface area contributed by atoms with E-state index in [1.807, 2.05) is 0 Å². The second-order valence-electron chi connectivity index (χ2n) is 7.81. The van der Waals surface area contributed by atoms with Gasteiger partial charge in [0.1, 0.15) is 6.04 Å². The summed E-state index contributed by atoms with van der Waals surface area (Å²) in [6.07, 6.45) is 5.46. The molecule has 6 nitrogen and oxygen atoms in total. The van der Waals surface area contributed by atoms with Gasteiger partial charge in [-0.1, -0.05) is 12.2 Å². The molecule has 2 saturated heterocycles. The first-order valence-corrected chi connectivity index (χ1v) is 9.01. The van der Waals surface area contributed by atoms with E-state index >= 15 is 0 Å². The predicted molar refractivity (Wildman–Crippen MR) is 83.4 cm³/mol. The van der Waals surface area contributed by atoms with Crippen LogP contribution in [0.25, 0.3) is 0 Å². The van der Waals surface area contributed by atoms with Crippen LogP contribution in [0.15, 0.2) is 12.2 Å². The Kier molecular flexibility index (Phi) is 2.99. The largest absolute Gasteiger partial charge is 0.378 e. The molecule has 7 atom stereocenters. The van der Waals surface area contributed by atoms with Gasteiger partial charge in [-0.15, -0.1) is 0 Å². The second-order valence-corrected chi connectivity index (χ2v) is 7.81. The van der Waals surface area contributed by atoms with Crippen molar-refractivity contribution in [2.24, 2.45) is 35.5 Å². The first-order valence-electron chi connectivity index (χ1n) is 9.01. The number of carbonyl (C=O) groups excluding carboxylic acids is 3. The van der Waals surface area contributed by atoms with Gasteiger partial charge >= 0.3 is 0 Å². The maximum Gasteiger partial charge on any atom is 0.245 e. The van der Waals surface area contributed by atoms with Gasteiger partial charge in [-0.2, -0.15) is 0 Å². The van der Waals surface area contributed by atoms with Crippen molar-refractivity contribution < 1.29 is 19.1 Å². The number of allylic oxidation sites excluding steroid dienone is 2. The van der Waals surface area contributed by atoms with E-state index < -0.39 is 6.04 Å². The van der Waals surface area contributed by atoms with E-state index in [1.54, 1.807) is 11.8 Å². The smallest absolute Gasteiger partial charge is 0.245 e. The lowest BCUT2D eigenvalue weighted by atomic mass is 9.63. The standard InChI is InChI=1S/C18H22N2O4/c1-9(16(21)19-4-6-24-7-5-19)20-17(22)14-10-2-3-11(13-8-12(10)13)15(14)18(20)23/h2-3,9-15H,4-8H2,1H3/t9-,10+,11+,12-,13+,14+,15-/m0/s1. The lowest BCUT2D eigenvalue weighted by Gasteiger charge is -2.37. The van der Waals surface area contributed by atoms with E-state index in [0.717, 1.165) is 6.42 Å². The maximum atomic E-state index is 13.0. The van der Waals surface area contributed by atoms with Gasteiger partial charge in [-0.05, 0) is 37.0 Å². The molecule has 2 aliphatic heterocycles. The molecule has 4 aliphatic carbocycles. The molecule has 0 aromatic carbocycles. The molecule has 0 aromatic rings. The van der Waals surface area contributed by atoms with Crippen LogP contribution in [0.5, 0.6) is 0 Å². The van der Waals surface area contributed by atoms with Crippen LogP contribution in [0.3, 0.4) is 0 Å². The van der Waals surface area contributed by atoms with Crippen LogP contribution in [0.4, 0.5) is 0 Å². The van der Waals surface area contributed by atoms with E-state index in [1.165, 1.54) is 4.90 Å². The molecule has 0 N–H and O–H groups in total. The minimum atomic E-state index is -0.704. The quantitative estimate of drug-likeness (QED) is 0.539. The minimum Gasteiger partial charge on any atom is -0.378 e. The van der Waals surface area contributed by atoms with E-state index in [9.17, 15) is 14.4 Å². The van der Waals surface area contributed by atoms with Crippen LogP contribution >= 0.6 is 0 Å². The third-order valence-electron chi connectivity index (χ3n) is 6.76. The Morgan fingerprint density at radius 3 is 2.17 bits per heavy atom. The SMILES string of the molecule is C[C@@H](C(=O)N1CCOCC1)N1C(=O)[C@@H]2[C@@H]3C=C[C@H]([C@H]4C[C@@H]34)[C@@H]2C1=O. The number of ether oxygens (including phenoxy) is 1. The molecule has 3 amide bonds. The predicted octanol–water partition coefficient (Wildman–Crippen LogP) is 0.287. The van der Waals surface area contributed by atoms with Gasteiger partial charge in [0, 0.05) is 13.1 Å². The fourth-order valence-corrected chi connectivity index (χ4v) is 5.52. The number of imide groups is 1. The molecular formula is C18H22N2O4. The lowest BCUT2D eigenvalue weighted by Crippen LogP contribution is -2.52. The fraction of sp³-hybridized carbons (Fsp3) is 0.722. The van der Waals surface area contributed by atoms with Crippen molar-refractivity contribution in [3.8, 4) is 0 Å². The highest BCUT2D eigenvalue weighted by Crippen LogP contribution is 2.65. The Balaban J connectivity index is 1.40. The number of morpholine rings is 1. The molecule has 128 valence electrons. The van der Waals surface area contributed by atoms with Crippen LogP contribution in [0.2, 0.25) is 0 Å². The summed E-state index contributed by atoms with van der Waals surface area (Å²) in [6, 6.07) is -0.704. The molecule has 0 radical (unpaired) electrons. The molecule has 2 heterocycles. The molecular weight excluding hydrogens is 308 g/mol. The Labute approximate surface area is 140 Å². The van der Waals surface area contributed by atoms with Gasteiger partial charge < -0.3 is 9.64 Å². The Hall–Kier alpha value is -1.69. The summed E-state index contributed by atoms with van der Waals surface area (Å²) in [5.41, 5.74) is 0. The summed E-state index contributed by atoms with van der Waals surface area (Å²) < 4.78 is 5.28. The number of rotatable bonds is 2. The zero-order chi connectivity index (χ0) is 16.6. The van der Waals surface area contributed by atoms with Crippen molar-refractivity contribution in [3.05, 3.63) is 12.2 Å². The Morgan fingerprint density at radius 1 is 1.08 bits per heavy atom. The number of carbonyl (C=O) groups is 3. The van der Waals surface area contributed by atoms with Crippen molar-refractivity contribution >= 4 is 17.7 Å². The highest BCUT2D eigenvalue weighted by molar-refractivity contribution is 6.09. The van der Waals surface area contributed by atoms with Crippen molar-refractivity contribution in [2.75, 3.05) is 26.3 Å². The van der Waals surface area contributed by atoms with Gasteiger partial charge in [0.15, 0.2) is 0 Å². The maximum absolute atomic E-state index is 13.0. The first kappa shape index (κ1) is 14.6. The summed E-state index contributed by atoms with van der Waals surface area (Å²) in [5, 5.41) is 0. The third kappa shape index (κ3) is 1.78. The average molecular weight is 330 g/mol. The molecule has 0 spiro atoms. The molecule has 0 aromatic heterocycles. The zero-order valence-corrected chi connectivity index (χ0v) is 13.8. The highest BCUT2D eigenvalue weighted by atomic mass is 16.5. The summed E-state index contributed by atoms with van der Waals surface area (Å²) in [5.74, 6) is 0.754. The summed E-state index contributed by atoms with van der Waals surface area (Å²) >= 11 is 0. The van der Waals surface area contributed by atoms with E-state index in [4.69, 9.17) is 4.74 Å². The number of likely N-dealkylation sites (tertiary alicyclic amines) is 1. The number of nitrogens with zero attached hydrogens (tertiary/aromatic N) is 2. The van der Waals surface area contributed by atoms with Crippen LogP contribution in [-0.4, -0.2) is 59.9 Å². The van der Waals surface area contributed by atoms with E-state index in [0.29, 0.717) is 38.1 Å². The summed E-state index contributed by atoms with van der Waals surface area (Å²) in [4.78, 5) is 41.8. The Morgan fingerprint density at radius 2 is 1.62 bits per heavy atom. The van der Waals surface area contributed by atoms with Crippen molar-refractivity contribution in [1.82, 2.24) is 9.80 Å². The van der Waals surface area contributed by atoms with Crippen LogP contribution in [0, 0.1) is 35.5 Å². The van der Waals surface area contributed by atoms with Gasteiger partial charge in [0.05, 0.1) is 25.0 Å². The lowest BCUT2D eigenvalue weighted by molar-refractivity contribution is -0.152. The molecule has 6 rings (SSSR count). The molecule has 6 aliphatic rings. The van der Waals surface area contributed by atoms with Gasteiger partial charge in [0.2, 0.25) is 17.7 Å². The van der Waals surface area contributed by atoms with Gasteiger partial charge in [-0.25, -0.2) is 0 Å². The highest BCUT2D eigenvalue weighted by Gasteiger charge is 2.67. The fourth-order valence-electron chi connectivity index (χ4n) is 5.52. The summed E-state index contributed by atoms with van der Waals surface area (Å²) in [7, 11) is 0. The topological polar surface area (TPSA) is 66.9 Å². The third-order valence-corrected chi connectivity index (χ3v) is 6.76. The number of hydrogen-bond donors (Lipinski definition) is 0. The minimum absolute atomic E-state index is 0.121. The zero-order valence-electron chi connectivity index (χ0n) is 13.8. The van der Waals surface area contributed by atoms with Crippen LogP contribution < -0.4 is 0 Å². The van der Waals surface area contributed by atoms with E-state index in [2.05, 4.69) is 12.2 Å². The summed E-state index contributed by atoms with van der Waals surface area (Å²) in [6.45, 7) is 3.79. The van der Waals surface area contributed by atoms with Crippen molar-refractivity contribution in [3.63, 3.8) is 0 Å². The molecule has 2 bridgehead atoms. The average Bonchev–Trinajstić information content (AvgIpc) is 3.39. The number of hydrogen-bond acceptors (Lipinski definition) is 4. The number of amides is 3.